The quantitative estimate of drug-likeness (QED) is 0.605. The molecule has 9 heteroatoms. The molecule has 0 bridgehead atoms. The standard InChI is InChI=1S/C15H14BrN5O2S/c16-10-3-4-12-17-11(7-21(12)6-10)9-24-15-19-18-13(23-15)8-20-5-1-2-14(20)22/h3-4,6-7H,1-2,5,8-9H2. The average Bonchev–Trinajstić information content (AvgIpc) is 3.26. The van der Waals surface area contributed by atoms with Crippen LogP contribution in [0.1, 0.15) is 24.4 Å². The van der Waals surface area contributed by atoms with Crippen LogP contribution >= 0.6 is 27.7 Å². The first-order valence-electron chi connectivity index (χ1n) is 7.53. The van der Waals surface area contributed by atoms with E-state index in [1.165, 1.54) is 11.8 Å². The van der Waals surface area contributed by atoms with E-state index in [9.17, 15) is 4.79 Å². The monoisotopic (exact) mass is 407 g/mol. The van der Waals surface area contributed by atoms with Gasteiger partial charge in [0.05, 0.1) is 12.2 Å². The zero-order valence-electron chi connectivity index (χ0n) is 12.7. The minimum absolute atomic E-state index is 0.151. The van der Waals surface area contributed by atoms with Crippen molar-refractivity contribution in [2.75, 3.05) is 6.54 Å². The summed E-state index contributed by atoms with van der Waals surface area (Å²) in [6.45, 7) is 1.16. The highest BCUT2D eigenvalue weighted by atomic mass is 79.9. The first-order valence-corrected chi connectivity index (χ1v) is 9.31. The molecular weight excluding hydrogens is 394 g/mol. The molecule has 0 aromatic carbocycles. The Morgan fingerprint density at radius 1 is 1.29 bits per heavy atom. The lowest BCUT2D eigenvalue weighted by Crippen LogP contribution is -2.23. The maximum atomic E-state index is 11.6. The third kappa shape index (κ3) is 3.32. The van der Waals surface area contributed by atoms with E-state index < -0.39 is 0 Å². The van der Waals surface area contributed by atoms with Crippen molar-refractivity contribution >= 4 is 39.2 Å². The van der Waals surface area contributed by atoms with Crippen molar-refractivity contribution in [1.82, 2.24) is 24.5 Å². The van der Waals surface area contributed by atoms with Crippen LogP contribution in [0.25, 0.3) is 5.65 Å². The first-order chi connectivity index (χ1) is 11.7. The van der Waals surface area contributed by atoms with Gasteiger partial charge in [-0.1, -0.05) is 11.8 Å². The van der Waals surface area contributed by atoms with E-state index >= 15 is 0 Å². The van der Waals surface area contributed by atoms with Gasteiger partial charge in [0.25, 0.3) is 5.22 Å². The number of carbonyl (C=O) groups is 1. The zero-order valence-corrected chi connectivity index (χ0v) is 15.1. The molecule has 0 radical (unpaired) electrons. The van der Waals surface area contributed by atoms with Gasteiger partial charge in [0.15, 0.2) is 0 Å². The molecule has 0 aliphatic carbocycles. The highest BCUT2D eigenvalue weighted by Crippen LogP contribution is 2.23. The van der Waals surface area contributed by atoms with Gasteiger partial charge >= 0.3 is 0 Å². The molecule has 1 fully saturated rings. The number of likely N-dealkylation sites (tertiary alicyclic amines) is 1. The van der Waals surface area contributed by atoms with Crippen molar-refractivity contribution in [2.45, 2.75) is 30.4 Å². The predicted octanol–water partition coefficient (Wildman–Crippen LogP) is 2.89. The van der Waals surface area contributed by atoms with Gasteiger partial charge in [-0.05, 0) is 34.5 Å². The number of imidazole rings is 1. The SMILES string of the molecule is O=C1CCCN1Cc1nnc(SCc2cn3cc(Br)ccc3n2)o1. The van der Waals surface area contributed by atoms with Gasteiger partial charge in [0.1, 0.15) is 5.65 Å². The molecule has 124 valence electrons. The molecule has 1 amide bonds. The fourth-order valence-corrected chi connectivity index (χ4v) is 3.63. The van der Waals surface area contributed by atoms with Crippen LogP contribution in [0.5, 0.6) is 0 Å². The molecule has 24 heavy (non-hydrogen) atoms. The minimum Gasteiger partial charge on any atom is -0.414 e. The summed E-state index contributed by atoms with van der Waals surface area (Å²) in [5.41, 5.74) is 1.83. The van der Waals surface area contributed by atoms with E-state index in [0.717, 1.165) is 28.8 Å². The van der Waals surface area contributed by atoms with Crippen LogP contribution in [-0.2, 0) is 17.1 Å². The number of amides is 1. The van der Waals surface area contributed by atoms with Crippen LogP contribution in [0.15, 0.2) is 38.6 Å². The van der Waals surface area contributed by atoms with Gasteiger partial charge < -0.3 is 13.7 Å². The van der Waals surface area contributed by atoms with E-state index in [2.05, 4.69) is 31.1 Å². The lowest BCUT2D eigenvalue weighted by molar-refractivity contribution is -0.128. The Hall–Kier alpha value is -1.87. The molecule has 0 saturated carbocycles. The van der Waals surface area contributed by atoms with E-state index in [1.807, 2.05) is 28.9 Å². The summed E-state index contributed by atoms with van der Waals surface area (Å²) >= 11 is 4.89. The van der Waals surface area contributed by atoms with Gasteiger partial charge in [0, 0.05) is 35.6 Å². The Balaban J connectivity index is 1.39. The second kappa shape index (κ2) is 6.56. The summed E-state index contributed by atoms with van der Waals surface area (Å²) < 4.78 is 8.59. The van der Waals surface area contributed by atoms with E-state index in [0.29, 0.717) is 29.8 Å². The van der Waals surface area contributed by atoms with Crippen molar-refractivity contribution in [3.05, 3.63) is 40.6 Å². The molecule has 0 spiro atoms. The molecule has 0 atom stereocenters. The Morgan fingerprint density at radius 2 is 2.21 bits per heavy atom. The summed E-state index contributed by atoms with van der Waals surface area (Å²) in [5, 5.41) is 8.55. The summed E-state index contributed by atoms with van der Waals surface area (Å²) in [7, 11) is 0. The third-order valence-electron chi connectivity index (χ3n) is 3.75. The van der Waals surface area contributed by atoms with Crippen LogP contribution in [0.4, 0.5) is 0 Å². The lowest BCUT2D eigenvalue weighted by Gasteiger charge is -2.11. The fraction of sp³-hybridized carbons (Fsp3) is 0.333. The number of thioether (sulfide) groups is 1. The van der Waals surface area contributed by atoms with Crippen LogP contribution in [-0.4, -0.2) is 36.9 Å². The fourth-order valence-electron chi connectivity index (χ4n) is 2.62. The Kier molecular flexibility index (Phi) is 4.28. The molecule has 3 aromatic rings. The van der Waals surface area contributed by atoms with Crippen molar-refractivity contribution < 1.29 is 9.21 Å². The number of nitrogens with zero attached hydrogens (tertiary/aromatic N) is 5. The topological polar surface area (TPSA) is 76.5 Å². The first kappa shape index (κ1) is 15.6. The van der Waals surface area contributed by atoms with Crippen LogP contribution in [0.3, 0.4) is 0 Å². The molecule has 1 aliphatic rings. The predicted molar refractivity (Wildman–Crippen MR) is 91.4 cm³/mol. The molecule has 4 heterocycles. The molecule has 4 rings (SSSR count). The number of pyridine rings is 1. The summed E-state index contributed by atoms with van der Waals surface area (Å²) in [5.74, 6) is 1.27. The molecule has 0 unspecified atom stereocenters. The largest absolute Gasteiger partial charge is 0.414 e. The van der Waals surface area contributed by atoms with E-state index in [-0.39, 0.29) is 5.91 Å². The second-order valence-electron chi connectivity index (χ2n) is 5.51. The van der Waals surface area contributed by atoms with E-state index in [1.54, 1.807) is 4.90 Å². The highest BCUT2D eigenvalue weighted by molar-refractivity contribution is 9.10. The number of aromatic nitrogens is 4. The average molecular weight is 408 g/mol. The number of hydrogen-bond donors (Lipinski definition) is 0. The number of fused-ring (bicyclic) bond motifs is 1. The minimum atomic E-state index is 0.151. The van der Waals surface area contributed by atoms with Crippen molar-refractivity contribution in [3.8, 4) is 0 Å². The normalized spacial score (nSPS) is 14.9. The number of carbonyl (C=O) groups excluding carboxylic acids is 1. The maximum absolute atomic E-state index is 11.6. The Morgan fingerprint density at radius 3 is 3.04 bits per heavy atom. The van der Waals surface area contributed by atoms with E-state index in [4.69, 9.17) is 4.42 Å². The van der Waals surface area contributed by atoms with Crippen LogP contribution in [0, 0.1) is 0 Å². The molecule has 1 saturated heterocycles. The van der Waals surface area contributed by atoms with Crippen LogP contribution in [0.2, 0.25) is 0 Å². The number of rotatable bonds is 5. The zero-order chi connectivity index (χ0) is 16.5. The van der Waals surface area contributed by atoms with Gasteiger partial charge in [-0.3, -0.25) is 4.79 Å². The molecule has 3 aromatic heterocycles. The second-order valence-corrected chi connectivity index (χ2v) is 7.36. The highest BCUT2D eigenvalue weighted by Gasteiger charge is 2.22. The van der Waals surface area contributed by atoms with Gasteiger partial charge in [0.2, 0.25) is 11.8 Å². The maximum Gasteiger partial charge on any atom is 0.277 e. The summed E-state index contributed by atoms with van der Waals surface area (Å²) in [6, 6.07) is 3.92. The van der Waals surface area contributed by atoms with Crippen LogP contribution < -0.4 is 0 Å². The van der Waals surface area contributed by atoms with Gasteiger partial charge in [-0.2, -0.15) is 0 Å². The third-order valence-corrected chi connectivity index (χ3v) is 5.08. The van der Waals surface area contributed by atoms with Gasteiger partial charge in [-0.25, -0.2) is 4.98 Å². The smallest absolute Gasteiger partial charge is 0.277 e. The van der Waals surface area contributed by atoms with Gasteiger partial charge in [-0.15, -0.1) is 10.2 Å². The molecule has 0 N–H and O–H groups in total. The molecular formula is C15H14BrN5O2S. The number of hydrogen-bond acceptors (Lipinski definition) is 6. The van der Waals surface area contributed by atoms with Crippen molar-refractivity contribution in [3.63, 3.8) is 0 Å². The summed E-state index contributed by atoms with van der Waals surface area (Å²) in [6.07, 6.45) is 5.46. The van der Waals surface area contributed by atoms with Crippen molar-refractivity contribution in [2.24, 2.45) is 0 Å². The number of halogens is 1. The molecule has 7 nitrogen and oxygen atoms in total. The summed E-state index contributed by atoms with van der Waals surface area (Å²) in [4.78, 5) is 17.9. The molecule has 1 aliphatic heterocycles. The van der Waals surface area contributed by atoms with Crippen molar-refractivity contribution in [1.29, 1.82) is 0 Å². The Labute approximate surface area is 150 Å². The lowest BCUT2D eigenvalue weighted by atomic mass is 10.4. The Bertz CT molecular complexity index is 893.